The molecule has 1 unspecified atom stereocenters. The molecule has 1 atom stereocenters. The Balaban J connectivity index is 1.67. The number of esters is 1. The van der Waals surface area contributed by atoms with E-state index in [9.17, 15) is 9.59 Å². The Morgan fingerprint density at radius 2 is 1.82 bits per heavy atom. The van der Waals surface area contributed by atoms with Gasteiger partial charge >= 0.3 is 5.97 Å². The summed E-state index contributed by atoms with van der Waals surface area (Å²) in [6.45, 7) is 4.07. The van der Waals surface area contributed by atoms with E-state index in [2.05, 4.69) is 6.08 Å². The minimum Gasteiger partial charge on any atom is -0.489 e. The van der Waals surface area contributed by atoms with Crippen molar-refractivity contribution < 1.29 is 23.8 Å². The van der Waals surface area contributed by atoms with Crippen LogP contribution in [0.5, 0.6) is 17.2 Å². The highest BCUT2D eigenvalue weighted by atomic mass is 16.5. The predicted octanol–water partition coefficient (Wildman–Crippen LogP) is 4.42. The van der Waals surface area contributed by atoms with Crippen molar-refractivity contribution in [3.63, 3.8) is 0 Å². The lowest BCUT2D eigenvalue weighted by atomic mass is 9.83. The topological polar surface area (TPSA) is 61.8 Å². The van der Waals surface area contributed by atoms with Crippen molar-refractivity contribution in [1.29, 1.82) is 0 Å². The molecule has 5 heteroatoms. The fraction of sp³-hybridized carbons (Fsp3) is 0.217. The van der Waals surface area contributed by atoms with E-state index in [1.165, 1.54) is 0 Å². The molecule has 3 aliphatic rings. The van der Waals surface area contributed by atoms with Crippen LogP contribution in [0, 0.1) is 0 Å². The zero-order valence-electron chi connectivity index (χ0n) is 15.6. The average Bonchev–Trinajstić information content (AvgIpc) is 3.04. The van der Waals surface area contributed by atoms with Gasteiger partial charge in [-0.1, -0.05) is 18.2 Å². The fourth-order valence-corrected chi connectivity index (χ4v) is 3.97. The summed E-state index contributed by atoms with van der Waals surface area (Å²) in [5, 5.41) is 0. The number of rotatable bonds is 1. The Hall–Kier alpha value is -3.34. The van der Waals surface area contributed by atoms with Crippen LogP contribution in [-0.4, -0.2) is 18.4 Å². The van der Waals surface area contributed by atoms with Crippen LogP contribution in [0.25, 0.3) is 6.08 Å². The smallest absolute Gasteiger partial charge is 0.312 e. The maximum absolute atomic E-state index is 12.7. The lowest BCUT2D eigenvalue weighted by Crippen LogP contribution is -2.24. The van der Waals surface area contributed by atoms with Crippen molar-refractivity contribution >= 4 is 17.8 Å². The molecule has 0 amide bonds. The molecular weight excluding hydrogens is 356 g/mol. The highest BCUT2D eigenvalue weighted by Crippen LogP contribution is 2.50. The highest BCUT2D eigenvalue weighted by Gasteiger charge is 2.40. The molecule has 2 aromatic carbocycles. The number of allylic oxidation sites excluding steroid dienone is 2. The monoisotopic (exact) mass is 374 g/mol. The Morgan fingerprint density at radius 1 is 1.00 bits per heavy atom. The van der Waals surface area contributed by atoms with Gasteiger partial charge < -0.3 is 14.2 Å². The predicted molar refractivity (Wildman–Crippen MR) is 103 cm³/mol. The van der Waals surface area contributed by atoms with Crippen molar-refractivity contribution in [3.05, 3.63) is 70.0 Å². The van der Waals surface area contributed by atoms with E-state index >= 15 is 0 Å². The molecule has 28 heavy (non-hydrogen) atoms. The maximum Gasteiger partial charge on any atom is 0.312 e. The number of ketones is 1. The largest absolute Gasteiger partial charge is 0.489 e. The van der Waals surface area contributed by atoms with E-state index in [0.717, 1.165) is 28.0 Å². The number of fused-ring (bicyclic) bond motifs is 4. The Bertz CT molecular complexity index is 1100. The number of hydrogen-bond acceptors (Lipinski definition) is 5. The molecule has 0 radical (unpaired) electrons. The summed E-state index contributed by atoms with van der Waals surface area (Å²) in [4.78, 5) is 25.0. The number of para-hydroxylation sites is 1. The summed E-state index contributed by atoms with van der Waals surface area (Å²) >= 11 is 0. The number of carbonyl (C=O) groups excluding carboxylic acids is 2. The lowest BCUT2D eigenvalue weighted by Gasteiger charge is -2.30. The van der Waals surface area contributed by atoms with Crippen molar-refractivity contribution in [1.82, 2.24) is 0 Å². The number of Topliss-reactive ketones (excluding diaryl/α,β-unsaturated/α-hetero) is 1. The summed E-state index contributed by atoms with van der Waals surface area (Å²) in [6.07, 6.45) is 2.24. The van der Waals surface area contributed by atoms with Gasteiger partial charge in [-0.3, -0.25) is 9.59 Å². The Kier molecular flexibility index (Phi) is 3.66. The summed E-state index contributed by atoms with van der Waals surface area (Å²) in [7, 11) is 0. The molecule has 5 rings (SSSR count). The van der Waals surface area contributed by atoms with Crippen LogP contribution >= 0.6 is 0 Å². The Morgan fingerprint density at radius 3 is 2.64 bits per heavy atom. The molecule has 3 heterocycles. The summed E-state index contributed by atoms with van der Waals surface area (Å²) in [6, 6.07) is 11.1. The van der Waals surface area contributed by atoms with Crippen LogP contribution in [-0.2, 0) is 4.79 Å². The van der Waals surface area contributed by atoms with Crippen LogP contribution < -0.4 is 14.2 Å². The van der Waals surface area contributed by atoms with Gasteiger partial charge in [0.05, 0.1) is 12.0 Å². The summed E-state index contributed by atoms with van der Waals surface area (Å²) in [5.41, 5.74) is 4.01. The summed E-state index contributed by atoms with van der Waals surface area (Å²) < 4.78 is 17.3. The molecular formula is C23H18O5. The van der Waals surface area contributed by atoms with Gasteiger partial charge in [-0.2, -0.15) is 0 Å². The third kappa shape index (κ3) is 2.47. The van der Waals surface area contributed by atoms with Crippen molar-refractivity contribution in [3.8, 4) is 17.2 Å². The molecule has 3 aliphatic heterocycles. The second-order valence-corrected chi connectivity index (χ2v) is 7.39. The van der Waals surface area contributed by atoms with E-state index in [-0.39, 0.29) is 24.1 Å². The first-order valence-corrected chi connectivity index (χ1v) is 9.23. The lowest BCUT2D eigenvalue weighted by molar-refractivity contribution is -0.135. The molecule has 0 saturated carbocycles. The molecule has 140 valence electrons. The molecule has 0 N–H and O–H groups in total. The molecule has 0 spiro atoms. The standard InChI is InChI=1S/C23H18O5/c1-12(2)22-21(25)15-7-8-18-20(23(15)28-22)16(10-19(24)27-18)14-9-13-5-3-4-6-17(13)26-11-14/h3-9,16H,10-11H2,1-2H3. The second kappa shape index (κ2) is 6.09. The van der Waals surface area contributed by atoms with Crippen LogP contribution in [0.4, 0.5) is 0 Å². The van der Waals surface area contributed by atoms with Gasteiger partial charge in [0, 0.05) is 17.0 Å². The zero-order valence-corrected chi connectivity index (χ0v) is 15.6. The van der Waals surface area contributed by atoms with Crippen LogP contribution in [0.3, 0.4) is 0 Å². The normalized spacial score (nSPS) is 19.6. The van der Waals surface area contributed by atoms with Crippen LogP contribution in [0.2, 0.25) is 0 Å². The van der Waals surface area contributed by atoms with Crippen LogP contribution in [0.1, 0.15) is 47.7 Å². The first kappa shape index (κ1) is 16.8. The molecule has 0 saturated heterocycles. The number of benzene rings is 2. The van der Waals surface area contributed by atoms with E-state index < -0.39 is 0 Å². The number of hydrogen-bond donors (Lipinski definition) is 0. The molecule has 0 fully saturated rings. The fourth-order valence-electron chi connectivity index (χ4n) is 3.97. The number of carbonyl (C=O) groups is 2. The minimum absolute atomic E-state index is 0.132. The molecule has 0 bridgehead atoms. The van der Waals surface area contributed by atoms with Crippen molar-refractivity contribution in [2.45, 2.75) is 26.2 Å². The Labute approximate surface area is 162 Å². The zero-order chi connectivity index (χ0) is 19.4. The van der Waals surface area contributed by atoms with E-state index in [1.54, 1.807) is 12.1 Å². The van der Waals surface area contributed by atoms with E-state index in [4.69, 9.17) is 14.2 Å². The van der Waals surface area contributed by atoms with Crippen molar-refractivity contribution in [2.75, 3.05) is 6.61 Å². The molecule has 2 aromatic rings. The van der Waals surface area contributed by atoms with Crippen LogP contribution in [0.15, 0.2) is 53.3 Å². The highest BCUT2D eigenvalue weighted by molar-refractivity contribution is 6.13. The third-order valence-corrected chi connectivity index (χ3v) is 5.31. The SMILES string of the molecule is CC(C)=C1Oc2c(ccc3c2C(C2=Cc4ccccc4OC2)CC(=O)O3)C1=O. The first-order chi connectivity index (χ1) is 13.5. The quantitative estimate of drug-likeness (QED) is 0.420. The van der Waals surface area contributed by atoms with E-state index in [0.29, 0.717) is 29.4 Å². The third-order valence-electron chi connectivity index (χ3n) is 5.31. The second-order valence-electron chi connectivity index (χ2n) is 7.39. The van der Waals surface area contributed by atoms with Gasteiger partial charge in [0.1, 0.15) is 23.9 Å². The van der Waals surface area contributed by atoms with Gasteiger partial charge in [-0.25, -0.2) is 0 Å². The average molecular weight is 374 g/mol. The molecule has 5 nitrogen and oxygen atoms in total. The van der Waals surface area contributed by atoms with Gasteiger partial charge in [-0.05, 0) is 49.3 Å². The van der Waals surface area contributed by atoms with Gasteiger partial charge in [0.2, 0.25) is 5.78 Å². The van der Waals surface area contributed by atoms with Gasteiger partial charge in [-0.15, -0.1) is 0 Å². The summed E-state index contributed by atoms with van der Waals surface area (Å²) in [5.74, 6) is 1.42. The molecule has 0 aliphatic carbocycles. The number of ether oxygens (including phenoxy) is 3. The first-order valence-electron chi connectivity index (χ1n) is 9.23. The molecule has 0 aromatic heterocycles. The maximum atomic E-state index is 12.7. The van der Waals surface area contributed by atoms with E-state index in [1.807, 2.05) is 38.1 Å². The van der Waals surface area contributed by atoms with Gasteiger partial charge in [0.25, 0.3) is 0 Å². The van der Waals surface area contributed by atoms with Gasteiger partial charge in [0.15, 0.2) is 5.76 Å². The van der Waals surface area contributed by atoms with Crippen molar-refractivity contribution in [2.24, 2.45) is 0 Å². The minimum atomic E-state index is -0.302.